The van der Waals surface area contributed by atoms with Gasteiger partial charge in [0.1, 0.15) is 5.60 Å². The minimum absolute atomic E-state index is 0.0962. The second-order valence-electron chi connectivity index (χ2n) is 5.55. The summed E-state index contributed by atoms with van der Waals surface area (Å²) in [6.45, 7) is 9.92. The highest BCUT2D eigenvalue weighted by molar-refractivity contribution is 5.23. The third kappa shape index (κ3) is 1.96. The highest BCUT2D eigenvalue weighted by Crippen LogP contribution is 2.56. The van der Waals surface area contributed by atoms with Crippen LogP contribution in [-0.4, -0.2) is 5.60 Å². The van der Waals surface area contributed by atoms with E-state index in [9.17, 15) is 0 Å². The van der Waals surface area contributed by atoms with Crippen LogP contribution in [0.5, 0.6) is 0 Å². The van der Waals surface area contributed by atoms with E-state index in [0.717, 1.165) is 18.6 Å². The molecule has 0 unspecified atom stereocenters. The fraction of sp³-hybridized carbons (Fsp3) is 0.625. The number of rotatable bonds is 4. The number of hydrogen-bond acceptors (Lipinski definition) is 1. The van der Waals surface area contributed by atoms with Crippen LogP contribution in [0.3, 0.4) is 0 Å². The van der Waals surface area contributed by atoms with Crippen molar-refractivity contribution in [3.05, 3.63) is 37.1 Å². The minimum atomic E-state index is -0.0962. The largest absolute Gasteiger partial charge is 0.491 e. The molecule has 1 aliphatic carbocycles. The Labute approximate surface area is 105 Å². The molecule has 0 aromatic carbocycles. The van der Waals surface area contributed by atoms with E-state index in [-0.39, 0.29) is 11.0 Å². The topological polar surface area (TPSA) is 9.23 Å². The van der Waals surface area contributed by atoms with Crippen LogP contribution in [0.15, 0.2) is 37.1 Å². The van der Waals surface area contributed by atoms with Gasteiger partial charge in [0.25, 0.3) is 0 Å². The number of hydrogen-bond donors (Lipinski definition) is 0. The van der Waals surface area contributed by atoms with Crippen LogP contribution in [0, 0.1) is 5.41 Å². The first-order valence-corrected chi connectivity index (χ1v) is 6.78. The third-order valence-corrected chi connectivity index (χ3v) is 4.44. The Morgan fingerprint density at radius 3 is 2.29 bits per heavy atom. The van der Waals surface area contributed by atoms with Gasteiger partial charge >= 0.3 is 0 Å². The van der Waals surface area contributed by atoms with Crippen LogP contribution in [0.4, 0.5) is 0 Å². The Balaban J connectivity index is 2.35. The summed E-state index contributed by atoms with van der Waals surface area (Å²) >= 11 is 0. The summed E-state index contributed by atoms with van der Waals surface area (Å²) < 4.78 is 6.24. The smallest absolute Gasteiger partial charge is 0.124 e. The van der Waals surface area contributed by atoms with Gasteiger partial charge in [0.05, 0.1) is 5.76 Å². The van der Waals surface area contributed by atoms with Crippen molar-refractivity contribution in [2.45, 2.75) is 57.5 Å². The zero-order valence-electron chi connectivity index (χ0n) is 11.0. The zero-order chi connectivity index (χ0) is 12.4. The van der Waals surface area contributed by atoms with Gasteiger partial charge < -0.3 is 4.74 Å². The SMILES string of the molecule is C=CCC1(CC=C)OC(C)=CC12CCCCC2. The van der Waals surface area contributed by atoms with Gasteiger partial charge in [-0.15, -0.1) is 13.2 Å². The van der Waals surface area contributed by atoms with E-state index in [1.807, 2.05) is 12.2 Å². The maximum Gasteiger partial charge on any atom is 0.124 e. The minimum Gasteiger partial charge on any atom is -0.491 e. The first kappa shape index (κ1) is 12.5. The van der Waals surface area contributed by atoms with Crippen LogP contribution in [0.25, 0.3) is 0 Å². The van der Waals surface area contributed by atoms with Gasteiger partial charge in [-0.2, -0.15) is 0 Å². The summed E-state index contributed by atoms with van der Waals surface area (Å²) in [5, 5.41) is 0. The fourth-order valence-electron chi connectivity index (χ4n) is 3.78. The molecule has 17 heavy (non-hydrogen) atoms. The lowest BCUT2D eigenvalue weighted by molar-refractivity contribution is -0.0644. The normalized spacial score (nSPS) is 25.1. The van der Waals surface area contributed by atoms with Crippen molar-refractivity contribution in [3.63, 3.8) is 0 Å². The molecule has 94 valence electrons. The Morgan fingerprint density at radius 2 is 1.76 bits per heavy atom. The summed E-state index contributed by atoms with van der Waals surface area (Å²) in [5.74, 6) is 1.09. The zero-order valence-corrected chi connectivity index (χ0v) is 11.0. The molecule has 1 nitrogen and oxygen atoms in total. The summed E-state index contributed by atoms with van der Waals surface area (Å²) in [6, 6.07) is 0. The van der Waals surface area contributed by atoms with Crippen molar-refractivity contribution in [1.82, 2.24) is 0 Å². The highest BCUT2D eigenvalue weighted by Gasteiger charge is 2.54. The van der Waals surface area contributed by atoms with Crippen LogP contribution < -0.4 is 0 Å². The van der Waals surface area contributed by atoms with E-state index in [4.69, 9.17) is 4.74 Å². The Hall–Kier alpha value is -0.980. The van der Waals surface area contributed by atoms with Gasteiger partial charge in [-0.05, 0) is 25.8 Å². The van der Waals surface area contributed by atoms with Crippen LogP contribution in [0.2, 0.25) is 0 Å². The van der Waals surface area contributed by atoms with Crippen molar-refractivity contribution in [1.29, 1.82) is 0 Å². The molecule has 0 saturated heterocycles. The van der Waals surface area contributed by atoms with Gasteiger partial charge in [-0.3, -0.25) is 0 Å². The average molecular weight is 232 g/mol. The van der Waals surface area contributed by atoms with Crippen LogP contribution >= 0.6 is 0 Å². The molecule has 0 aromatic rings. The van der Waals surface area contributed by atoms with Crippen molar-refractivity contribution in [2.24, 2.45) is 5.41 Å². The molecule has 2 rings (SSSR count). The van der Waals surface area contributed by atoms with E-state index in [1.54, 1.807) is 0 Å². The first-order valence-electron chi connectivity index (χ1n) is 6.78. The lowest BCUT2D eigenvalue weighted by Gasteiger charge is -2.46. The fourth-order valence-corrected chi connectivity index (χ4v) is 3.78. The standard InChI is InChI=1S/C16H24O/c1-4-9-16(10-5-2)15(13-14(3)17-16)11-7-6-8-12-15/h4-5,13H,1-2,6-12H2,3H3. The molecular weight excluding hydrogens is 208 g/mol. The molecule has 1 heterocycles. The lowest BCUT2D eigenvalue weighted by atomic mass is 9.61. The molecule has 1 spiro atoms. The van der Waals surface area contributed by atoms with E-state index in [1.165, 1.54) is 32.1 Å². The first-order chi connectivity index (χ1) is 8.18. The van der Waals surface area contributed by atoms with Crippen molar-refractivity contribution < 1.29 is 4.74 Å². The van der Waals surface area contributed by atoms with Crippen LogP contribution in [0.1, 0.15) is 51.9 Å². The molecule has 0 radical (unpaired) electrons. The van der Waals surface area contributed by atoms with Gasteiger partial charge in [-0.1, -0.05) is 31.4 Å². The molecular formula is C16H24O. The Morgan fingerprint density at radius 1 is 1.18 bits per heavy atom. The average Bonchev–Trinajstić information content (AvgIpc) is 2.53. The molecule has 1 heteroatoms. The molecule has 0 bridgehead atoms. The number of ether oxygens (including phenoxy) is 1. The summed E-state index contributed by atoms with van der Waals surface area (Å²) in [5.41, 5.74) is 0.138. The summed E-state index contributed by atoms with van der Waals surface area (Å²) in [4.78, 5) is 0. The predicted octanol–water partition coefficient (Wildman–Crippen LogP) is 4.76. The second kappa shape index (κ2) is 4.72. The van der Waals surface area contributed by atoms with E-state index >= 15 is 0 Å². The monoisotopic (exact) mass is 232 g/mol. The molecule has 1 fully saturated rings. The summed E-state index contributed by atoms with van der Waals surface area (Å²) in [6.07, 6.45) is 14.8. The molecule has 1 saturated carbocycles. The van der Waals surface area contributed by atoms with E-state index in [2.05, 4.69) is 26.2 Å². The quantitative estimate of drug-likeness (QED) is 0.635. The van der Waals surface area contributed by atoms with E-state index in [0.29, 0.717) is 0 Å². The molecule has 0 aromatic heterocycles. The molecule has 2 aliphatic rings. The van der Waals surface area contributed by atoms with Crippen molar-refractivity contribution >= 4 is 0 Å². The Kier molecular flexibility index (Phi) is 3.46. The lowest BCUT2D eigenvalue weighted by Crippen LogP contribution is -2.46. The van der Waals surface area contributed by atoms with Gasteiger partial charge in [-0.25, -0.2) is 0 Å². The highest BCUT2D eigenvalue weighted by atomic mass is 16.5. The maximum atomic E-state index is 6.24. The molecule has 1 aliphatic heterocycles. The molecule has 0 atom stereocenters. The van der Waals surface area contributed by atoms with Crippen molar-refractivity contribution in [3.8, 4) is 0 Å². The molecule has 0 N–H and O–H groups in total. The van der Waals surface area contributed by atoms with Crippen LogP contribution in [-0.2, 0) is 4.74 Å². The summed E-state index contributed by atoms with van der Waals surface area (Å²) in [7, 11) is 0. The second-order valence-corrected chi connectivity index (χ2v) is 5.55. The predicted molar refractivity (Wildman–Crippen MR) is 72.7 cm³/mol. The van der Waals surface area contributed by atoms with Crippen molar-refractivity contribution in [2.75, 3.05) is 0 Å². The van der Waals surface area contributed by atoms with E-state index < -0.39 is 0 Å². The van der Waals surface area contributed by atoms with Gasteiger partial charge in [0.15, 0.2) is 0 Å². The molecule has 0 amide bonds. The maximum absolute atomic E-state index is 6.24. The number of allylic oxidation sites excluding steroid dienone is 1. The van der Waals surface area contributed by atoms with Gasteiger partial charge in [0, 0.05) is 18.3 Å². The Bertz CT molecular complexity index is 321. The van der Waals surface area contributed by atoms with Gasteiger partial charge in [0.2, 0.25) is 0 Å². The third-order valence-electron chi connectivity index (χ3n) is 4.44.